The highest BCUT2D eigenvalue weighted by Gasteiger charge is 2.16. The van der Waals surface area contributed by atoms with Crippen LogP contribution >= 0.6 is 23.2 Å². The molecule has 0 aliphatic carbocycles. The Morgan fingerprint density at radius 3 is 2.54 bits per heavy atom. The first-order valence-corrected chi connectivity index (χ1v) is 16.0. The van der Waals surface area contributed by atoms with Crippen molar-refractivity contribution in [1.29, 1.82) is 0 Å². The summed E-state index contributed by atoms with van der Waals surface area (Å²) in [4.78, 5) is 34.0. The van der Waals surface area contributed by atoms with Crippen LogP contribution in [0.1, 0.15) is 38.6 Å². The number of nitrogens with one attached hydrogen (secondary N) is 2. The van der Waals surface area contributed by atoms with Crippen LogP contribution in [-0.2, 0) is 24.5 Å². The van der Waals surface area contributed by atoms with Gasteiger partial charge in [0.15, 0.2) is 0 Å². The molecule has 3 aromatic heterocycles. The summed E-state index contributed by atoms with van der Waals surface area (Å²) in [6.45, 7) is 2.69. The number of benzene rings is 3. The second kappa shape index (κ2) is 15.0. The zero-order valence-corrected chi connectivity index (χ0v) is 27.5. The van der Waals surface area contributed by atoms with E-state index in [4.69, 9.17) is 27.9 Å². The van der Waals surface area contributed by atoms with Crippen LogP contribution in [-0.4, -0.2) is 26.3 Å². The lowest BCUT2D eigenvalue weighted by atomic mass is 10.1. The average molecular weight is 677 g/mol. The quantitative estimate of drug-likeness (QED) is 0.136. The van der Waals surface area contributed by atoms with E-state index in [1.165, 1.54) is 6.08 Å². The van der Waals surface area contributed by atoms with E-state index >= 15 is 0 Å². The maximum absolute atomic E-state index is 12.7. The molecular weight excluding hydrogens is 645 g/mol. The number of pyridine rings is 2. The maximum atomic E-state index is 12.7. The molecule has 6 rings (SSSR count). The summed E-state index contributed by atoms with van der Waals surface area (Å²) in [7, 11) is 0. The lowest BCUT2D eigenvalue weighted by molar-refractivity contribution is -0.116. The van der Waals surface area contributed by atoms with E-state index in [1.54, 1.807) is 42.6 Å². The van der Waals surface area contributed by atoms with Crippen molar-refractivity contribution in [2.24, 2.45) is 0 Å². The Balaban J connectivity index is 1.07. The van der Waals surface area contributed by atoms with Crippen LogP contribution in [0.15, 0.2) is 116 Å². The fourth-order valence-electron chi connectivity index (χ4n) is 5.11. The van der Waals surface area contributed by atoms with E-state index in [9.17, 15) is 9.59 Å². The van der Waals surface area contributed by atoms with Crippen LogP contribution in [0.5, 0.6) is 5.75 Å². The van der Waals surface area contributed by atoms with Gasteiger partial charge in [-0.2, -0.15) is 0 Å². The van der Waals surface area contributed by atoms with Gasteiger partial charge in [-0.05, 0) is 79.2 Å². The summed E-state index contributed by atoms with van der Waals surface area (Å²) in [5, 5.41) is 7.69. The van der Waals surface area contributed by atoms with Crippen LogP contribution < -0.4 is 15.4 Å². The Morgan fingerprint density at radius 1 is 0.875 bits per heavy atom. The molecule has 3 heterocycles. The molecule has 0 aliphatic rings. The van der Waals surface area contributed by atoms with Gasteiger partial charge in [0, 0.05) is 51.4 Å². The normalized spacial score (nSPS) is 11.1. The number of nitrogens with zero attached hydrogens (tertiary/aromatic N) is 3. The molecular formula is C38H31Cl2N5O3. The predicted octanol–water partition coefficient (Wildman–Crippen LogP) is 7.87. The van der Waals surface area contributed by atoms with Crippen LogP contribution in [0, 0.1) is 6.92 Å². The number of hydrogen-bond donors (Lipinski definition) is 2. The van der Waals surface area contributed by atoms with Gasteiger partial charge in [-0.25, -0.2) is 4.98 Å². The van der Waals surface area contributed by atoms with Gasteiger partial charge in [-0.3, -0.25) is 14.6 Å². The van der Waals surface area contributed by atoms with Crippen molar-refractivity contribution in [3.63, 3.8) is 0 Å². The molecule has 0 spiro atoms. The van der Waals surface area contributed by atoms with Crippen LogP contribution in [0.4, 0.5) is 0 Å². The summed E-state index contributed by atoms with van der Waals surface area (Å²) in [6.07, 6.45) is 6.71. The van der Waals surface area contributed by atoms with Crippen molar-refractivity contribution in [1.82, 2.24) is 25.2 Å². The highest BCUT2D eigenvalue weighted by Crippen LogP contribution is 2.33. The van der Waals surface area contributed by atoms with Crippen molar-refractivity contribution in [3.8, 4) is 11.4 Å². The Kier molecular flexibility index (Phi) is 10.1. The van der Waals surface area contributed by atoms with Crippen LogP contribution in [0.2, 0.25) is 10.0 Å². The van der Waals surface area contributed by atoms with Gasteiger partial charge in [0.1, 0.15) is 17.9 Å². The number of fused-ring (bicyclic) bond motifs is 1. The number of rotatable bonds is 11. The Morgan fingerprint density at radius 2 is 1.73 bits per heavy atom. The zero-order valence-electron chi connectivity index (χ0n) is 26.0. The number of aryl methyl sites for hydroxylation is 1. The molecule has 0 fully saturated rings. The largest absolute Gasteiger partial charge is 0.487 e. The molecule has 0 saturated heterocycles. The molecule has 0 saturated carbocycles. The lowest BCUT2D eigenvalue weighted by Crippen LogP contribution is -2.23. The number of hydrogen-bond acceptors (Lipinski definition) is 5. The molecule has 10 heteroatoms. The highest BCUT2D eigenvalue weighted by atomic mass is 35.5. The molecule has 240 valence electrons. The smallest absolute Gasteiger partial charge is 0.251 e. The summed E-state index contributed by atoms with van der Waals surface area (Å²) in [5.41, 5.74) is 5.92. The summed E-state index contributed by atoms with van der Waals surface area (Å²) >= 11 is 13.5. The highest BCUT2D eigenvalue weighted by molar-refractivity contribution is 6.37. The van der Waals surface area contributed by atoms with Gasteiger partial charge in [0.2, 0.25) is 5.91 Å². The van der Waals surface area contributed by atoms with E-state index in [-0.39, 0.29) is 25.0 Å². The second-order valence-electron chi connectivity index (χ2n) is 11.0. The fourth-order valence-corrected chi connectivity index (χ4v) is 5.68. The van der Waals surface area contributed by atoms with Gasteiger partial charge < -0.3 is 19.9 Å². The number of ether oxygens (including phenoxy) is 1. The average Bonchev–Trinajstić information content (AvgIpc) is 3.58. The van der Waals surface area contributed by atoms with Crippen molar-refractivity contribution in [2.45, 2.75) is 26.6 Å². The van der Waals surface area contributed by atoms with Gasteiger partial charge in [0.05, 0.1) is 29.5 Å². The van der Waals surface area contributed by atoms with E-state index in [0.717, 1.165) is 33.5 Å². The second-order valence-corrected chi connectivity index (χ2v) is 11.8. The van der Waals surface area contributed by atoms with E-state index in [0.29, 0.717) is 39.2 Å². The minimum Gasteiger partial charge on any atom is -0.487 e. The molecule has 8 nitrogen and oxygen atoms in total. The number of para-hydroxylation sites is 1. The number of aromatic nitrogens is 3. The summed E-state index contributed by atoms with van der Waals surface area (Å²) in [5.74, 6) is 0.175. The molecule has 6 aromatic rings. The predicted molar refractivity (Wildman–Crippen MR) is 189 cm³/mol. The van der Waals surface area contributed by atoms with Gasteiger partial charge >= 0.3 is 0 Å². The summed E-state index contributed by atoms with van der Waals surface area (Å²) < 4.78 is 8.09. The first kappa shape index (κ1) is 32.5. The number of halogens is 2. The Bertz CT molecular complexity index is 2110. The minimum atomic E-state index is -0.268. The number of amides is 2. The molecule has 0 unspecified atom stereocenters. The molecule has 48 heavy (non-hydrogen) atoms. The standard InChI is InChI=1S/C38H31Cl2N5O3/c1-25-10-14-27-6-4-9-34(37(27)44-25)48-24-31-32(39)17-18-33(36(31)40)45-21-5-8-30(45)23-42-35(46)19-13-26-11-15-28(16-12-26)38(47)43-22-29-7-2-3-20-41-29/h2-21H,22-24H2,1H3,(H,42,46)(H,43,47)/b19-13+. The van der Waals surface area contributed by atoms with E-state index in [2.05, 4.69) is 20.6 Å². The van der Waals surface area contributed by atoms with E-state index < -0.39 is 0 Å². The Hall–Kier alpha value is -5.44. The van der Waals surface area contributed by atoms with Crippen molar-refractivity contribution >= 4 is 52.0 Å². The SMILES string of the molecule is Cc1ccc2cccc(OCc3c(Cl)ccc(-n4cccc4CNC(=O)/C=C/c4ccc(C(=O)NCc5ccccn5)cc4)c3Cl)c2n1. The molecule has 0 radical (unpaired) electrons. The molecule has 0 atom stereocenters. The van der Waals surface area contributed by atoms with Crippen LogP contribution in [0.3, 0.4) is 0 Å². The molecule has 2 amide bonds. The molecule has 3 aromatic carbocycles. The fraction of sp³-hybridized carbons (Fsp3) is 0.105. The third kappa shape index (κ3) is 7.74. The molecule has 0 aliphatic heterocycles. The first-order chi connectivity index (χ1) is 23.4. The third-order valence-electron chi connectivity index (χ3n) is 7.65. The van der Waals surface area contributed by atoms with Gasteiger partial charge in [-0.15, -0.1) is 0 Å². The summed E-state index contributed by atoms with van der Waals surface area (Å²) in [6, 6.07) is 29.7. The zero-order chi connectivity index (χ0) is 33.5. The van der Waals surface area contributed by atoms with Gasteiger partial charge in [-0.1, -0.05) is 59.6 Å². The minimum absolute atomic E-state index is 0.148. The first-order valence-electron chi connectivity index (χ1n) is 15.2. The molecule has 2 N–H and O–H groups in total. The third-order valence-corrected chi connectivity index (χ3v) is 8.43. The topological polar surface area (TPSA) is 98.1 Å². The maximum Gasteiger partial charge on any atom is 0.251 e. The number of carbonyl (C=O) groups is 2. The molecule has 0 bridgehead atoms. The van der Waals surface area contributed by atoms with Crippen molar-refractivity contribution in [3.05, 3.63) is 159 Å². The van der Waals surface area contributed by atoms with Crippen molar-refractivity contribution in [2.75, 3.05) is 0 Å². The Labute approximate surface area is 288 Å². The van der Waals surface area contributed by atoms with E-state index in [1.807, 2.05) is 84.4 Å². The van der Waals surface area contributed by atoms with Crippen LogP contribution in [0.25, 0.3) is 22.7 Å². The monoisotopic (exact) mass is 675 g/mol. The van der Waals surface area contributed by atoms with Gasteiger partial charge in [0.25, 0.3) is 5.91 Å². The number of carbonyl (C=O) groups excluding carboxylic acids is 2. The van der Waals surface area contributed by atoms with Crippen molar-refractivity contribution < 1.29 is 14.3 Å². The lowest BCUT2D eigenvalue weighted by Gasteiger charge is -2.16.